The highest BCUT2D eigenvalue weighted by Gasteiger charge is 2.37. The molecule has 0 aromatic heterocycles. The third-order valence-corrected chi connectivity index (χ3v) is 4.85. The quantitative estimate of drug-likeness (QED) is 0.371. The van der Waals surface area contributed by atoms with Crippen LogP contribution in [0.5, 0.6) is 0 Å². The standard InChI is InChI=1S/C20H25F6N3O2S/c1-18(2,3)31-17(30)29-15-7-5-4-6-14(15)28-16(32)27-13-9-11(19(21,22)23)8-12(10-13)20(24,25)26/h8-10,14-15H,4-7H2,1-3H3,(H,29,30)(H2,27,28,32)/t14-,15-/m1/s1. The minimum atomic E-state index is -4.96. The Morgan fingerprint density at radius 3 is 1.81 bits per heavy atom. The Labute approximate surface area is 187 Å². The fourth-order valence-corrected chi connectivity index (χ4v) is 3.57. The second-order valence-electron chi connectivity index (χ2n) is 8.54. The Morgan fingerprint density at radius 1 is 0.906 bits per heavy atom. The zero-order valence-electron chi connectivity index (χ0n) is 17.7. The molecule has 0 heterocycles. The zero-order valence-corrected chi connectivity index (χ0v) is 18.5. The molecule has 0 spiro atoms. The van der Waals surface area contributed by atoms with E-state index in [-0.39, 0.29) is 23.3 Å². The predicted molar refractivity (Wildman–Crippen MR) is 111 cm³/mol. The van der Waals surface area contributed by atoms with Crippen LogP contribution in [-0.2, 0) is 17.1 Å². The van der Waals surface area contributed by atoms with Crippen molar-refractivity contribution in [3.05, 3.63) is 29.3 Å². The van der Waals surface area contributed by atoms with Crippen LogP contribution in [0.25, 0.3) is 0 Å². The van der Waals surface area contributed by atoms with E-state index >= 15 is 0 Å². The summed E-state index contributed by atoms with van der Waals surface area (Å²) in [5.41, 5.74) is -4.03. The molecule has 1 fully saturated rings. The number of nitrogens with one attached hydrogen (secondary N) is 3. The first kappa shape index (κ1) is 26.0. The number of rotatable bonds is 3. The minimum Gasteiger partial charge on any atom is -0.444 e. The summed E-state index contributed by atoms with van der Waals surface area (Å²) in [6.45, 7) is 5.14. The van der Waals surface area contributed by atoms with E-state index < -0.39 is 40.9 Å². The summed E-state index contributed by atoms with van der Waals surface area (Å²) in [5.74, 6) is 0. The Bertz CT molecular complexity index is 804. The highest BCUT2D eigenvalue weighted by atomic mass is 32.1. The van der Waals surface area contributed by atoms with Gasteiger partial charge in [-0.1, -0.05) is 12.8 Å². The van der Waals surface area contributed by atoms with Gasteiger partial charge in [-0.05, 0) is 64.0 Å². The smallest absolute Gasteiger partial charge is 0.416 e. The molecule has 2 rings (SSSR count). The lowest BCUT2D eigenvalue weighted by Crippen LogP contribution is -2.54. The Hall–Kier alpha value is -2.24. The van der Waals surface area contributed by atoms with Gasteiger partial charge >= 0.3 is 18.4 Å². The number of carbonyl (C=O) groups is 1. The molecule has 1 aromatic rings. The van der Waals surface area contributed by atoms with Crippen molar-refractivity contribution >= 4 is 29.1 Å². The molecule has 0 unspecified atom stereocenters. The van der Waals surface area contributed by atoms with Crippen LogP contribution in [0.15, 0.2) is 18.2 Å². The molecule has 5 nitrogen and oxygen atoms in total. The van der Waals surface area contributed by atoms with Gasteiger partial charge in [0.25, 0.3) is 0 Å². The van der Waals surface area contributed by atoms with Gasteiger partial charge in [0.05, 0.1) is 17.2 Å². The average Bonchev–Trinajstić information content (AvgIpc) is 2.60. The van der Waals surface area contributed by atoms with Crippen molar-refractivity contribution < 1.29 is 35.9 Å². The van der Waals surface area contributed by atoms with Crippen molar-refractivity contribution in [3.63, 3.8) is 0 Å². The molecule has 3 N–H and O–H groups in total. The van der Waals surface area contributed by atoms with E-state index in [0.717, 1.165) is 12.8 Å². The molecular formula is C20H25F6N3O2S. The maximum absolute atomic E-state index is 13.0. The number of amides is 1. The predicted octanol–water partition coefficient (Wildman–Crippen LogP) is 5.85. The maximum atomic E-state index is 13.0. The molecule has 0 radical (unpaired) electrons. The first-order valence-electron chi connectivity index (χ1n) is 9.91. The van der Waals surface area contributed by atoms with Crippen molar-refractivity contribution in [2.45, 2.75) is 76.5 Å². The van der Waals surface area contributed by atoms with E-state index in [9.17, 15) is 31.1 Å². The lowest BCUT2D eigenvalue weighted by Gasteiger charge is -2.34. The van der Waals surface area contributed by atoms with E-state index in [1.54, 1.807) is 20.8 Å². The normalized spacial score (nSPS) is 19.8. The van der Waals surface area contributed by atoms with Crippen molar-refractivity contribution in [2.24, 2.45) is 0 Å². The van der Waals surface area contributed by atoms with Crippen LogP contribution in [0.3, 0.4) is 0 Å². The molecule has 2 atom stereocenters. The fraction of sp³-hybridized carbons (Fsp3) is 0.600. The van der Waals surface area contributed by atoms with E-state index in [1.807, 2.05) is 0 Å². The zero-order chi connectivity index (χ0) is 24.3. The number of ether oxygens (including phenoxy) is 1. The summed E-state index contributed by atoms with van der Waals surface area (Å²) in [5, 5.41) is 7.88. The number of hydrogen-bond acceptors (Lipinski definition) is 3. The van der Waals surface area contributed by atoms with Crippen LogP contribution in [0.4, 0.5) is 36.8 Å². The van der Waals surface area contributed by atoms with Crippen molar-refractivity contribution in [2.75, 3.05) is 5.32 Å². The molecule has 0 bridgehead atoms. The molecule has 32 heavy (non-hydrogen) atoms. The van der Waals surface area contributed by atoms with Gasteiger partial charge in [-0.25, -0.2) is 4.79 Å². The molecule has 1 amide bonds. The Balaban J connectivity index is 2.12. The van der Waals surface area contributed by atoms with Gasteiger partial charge in [-0.2, -0.15) is 26.3 Å². The second-order valence-corrected chi connectivity index (χ2v) is 8.94. The number of hydrogen-bond donors (Lipinski definition) is 3. The monoisotopic (exact) mass is 485 g/mol. The number of halogens is 6. The number of thiocarbonyl (C=S) groups is 1. The topological polar surface area (TPSA) is 62.4 Å². The van der Waals surface area contributed by atoms with E-state index in [2.05, 4.69) is 16.0 Å². The van der Waals surface area contributed by atoms with Crippen LogP contribution in [0.1, 0.15) is 57.6 Å². The first-order chi connectivity index (χ1) is 14.5. The maximum Gasteiger partial charge on any atom is 0.416 e. The van der Waals surface area contributed by atoms with Crippen molar-refractivity contribution in [3.8, 4) is 0 Å². The molecule has 1 aromatic carbocycles. The van der Waals surface area contributed by atoms with Gasteiger partial charge in [-0.15, -0.1) is 0 Å². The summed E-state index contributed by atoms with van der Waals surface area (Å²) in [6, 6.07) is 0.416. The number of alkyl halides is 6. The summed E-state index contributed by atoms with van der Waals surface area (Å²) in [7, 11) is 0. The molecule has 180 valence electrons. The molecule has 1 aliphatic carbocycles. The molecule has 0 aliphatic heterocycles. The molecule has 1 aliphatic rings. The SMILES string of the molecule is CC(C)(C)OC(=O)N[C@@H]1CCCC[C@H]1NC(=S)Nc1cc(C(F)(F)F)cc(C(F)(F)F)c1. The lowest BCUT2D eigenvalue weighted by atomic mass is 9.90. The van der Waals surface area contributed by atoms with Crippen LogP contribution in [0, 0.1) is 0 Å². The number of anilines is 1. The van der Waals surface area contributed by atoms with Crippen molar-refractivity contribution in [1.29, 1.82) is 0 Å². The number of benzene rings is 1. The van der Waals surface area contributed by atoms with E-state index in [0.29, 0.717) is 25.0 Å². The van der Waals surface area contributed by atoms with Crippen molar-refractivity contribution in [1.82, 2.24) is 10.6 Å². The summed E-state index contributed by atoms with van der Waals surface area (Å²) >= 11 is 5.12. The minimum absolute atomic E-state index is 0.0452. The van der Waals surface area contributed by atoms with E-state index in [1.165, 1.54) is 0 Å². The van der Waals surface area contributed by atoms with Crippen LogP contribution in [0.2, 0.25) is 0 Å². The number of carbonyl (C=O) groups excluding carboxylic acids is 1. The fourth-order valence-electron chi connectivity index (χ4n) is 3.30. The Morgan fingerprint density at radius 2 is 1.38 bits per heavy atom. The molecule has 12 heteroatoms. The number of alkyl carbamates (subject to hydrolysis) is 1. The Kier molecular flexibility index (Phi) is 7.90. The third kappa shape index (κ3) is 8.03. The molecule has 0 saturated heterocycles. The highest BCUT2D eigenvalue weighted by molar-refractivity contribution is 7.80. The van der Waals surface area contributed by atoms with Gasteiger partial charge in [0.1, 0.15) is 5.60 Å². The summed E-state index contributed by atoms with van der Waals surface area (Å²) < 4.78 is 83.5. The van der Waals surface area contributed by atoms with Gasteiger partial charge < -0.3 is 20.7 Å². The average molecular weight is 485 g/mol. The molecular weight excluding hydrogens is 460 g/mol. The summed E-state index contributed by atoms with van der Waals surface area (Å²) in [6.07, 6.45) is -7.68. The largest absolute Gasteiger partial charge is 0.444 e. The van der Waals surface area contributed by atoms with Gasteiger partial charge in [0.2, 0.25) is 0 Å². The second kappa shape index (κ2) is 9.72. The van der Waals surface area contributed by atoms with Gasteiger partial charge in [0.15, 0.2) is 5.11 Å². The van der Waals surface area contributed by atoms with Gasteiger partial charge in [-0.3, -0.25) is 0 Å². The van der Waals surface area contributed by atoms with Crippen LogP contribution >= 0.6 is 12.2 Å². The van der Waals surface area contributed by atoms with Crippen LogP contribution < -0.4 is 16.0 Å². The highest BCUT2D eigenvalue weighted by Crippen LogP contribution is 2.37. The van der Waals surface area contributed by atoms with Gasteiger partial charge in [0, 0.05) is 11.7 Å². The molecule has 1 saturated carbocycles. The third-order valence-electron chi connectivity index (χ3n) is 4.63. The van der Waals surface area contributed by atoms with E-state index in [4.69, 9.17) is 17.0 Å². The van der Waals surface area contributed by atoms with Crippen LogP contribution in [-0.4, -0.2) is 28.9 Å². The summed E-state index contributed by atoms with van der Waals surface area (Å²) in [4.78, 5) is 12.1. The first-order valence-corrected chi connectivity index (χ1v) is 10.3. The lowest BCUT2D eigenvalue weighted by molar-refractivity contribution is -0.143.